The van der Waals surface area contributed by atoms with E-state index < -0.39 is 16.2 Å². The van der Waals surface area contributed by atoms with Crippen LogP contribution in [0.3, 0.4) is 0 Å². The first kappa shape index (κ1) is 15.6. The minimum Gasteiger partial charge on any atom is -0.459 e. The quantitative estimate of drug-likeness (QED) is 0.435. The van der Waals surface area contributed by atoms with Gasteiger partial charge in [0, 0.05) is 5.41 Å². The molecule has 0 fully saturated rings. The van der Waals surface area contributed by atoms with Gasteiger partial charge in [-0.05, 0) is 34.1 Å². The fourth-order valence-electron chi connectivity index (χ4n) is 1.45. The molecule has 2 unspecified atom stereocenters. The minimum absolute atomic E-state index is 0.292. The molecular weight excluding hydrogens is 223 g/mol. The maximum Gasteiger partial charge on any atom is 0.316 e. The van der Waals surface area contributed by atoms with Crippen molar-refractivity contribution in [2.45, 2.75) is 58.7 Å². The summed E-state index contributed by atoms with van der Waals surface area (Å²) in [5.41, 5.74) is -1.02. The van der Waals surface area contributed by atoms with Crippen molar-refractivity contribution >= 4 is 21.5 Å². The molecule has 0 aromatic heterocycles. The molecule has 0 rings (SSSR count). The summed E-state index contributed by atoms with van der Waals surface area (Å²) in [4.78, 5) is 22.8. The Kier molecular flexibility index (Phi) is 4.70. The van der Waals surface area contributed by atoms with Crippen LogP contribution in [0.5, 0.6) is 0 Å². The van der Waals surface area contributed by atoms with E-state index in [1.165, 1.54) is 0 Å². The van der Waals surface area contributed by atoms with E-state index in [0.29, 0.717) is 6.42 Å². The molecule has 0 amide bonds. The van der Waals surface area contributed by atoms with Crippen LogP contribution in [0.2, 0.25) is 0 Å². The van der Waals surface area contributed by atoms with Crippen molar-refractivity contribution in [3.05, 3.63) is 0 Å². The normalized spacial score (nSPS) is 16.4. The lowest BCUT2D eigenvalue weighted by atomic mass is 9.84. The second-order valence-corrected chi connectivity index (χ2v) is 7.48. The smallest absolute Gasteiger partial charge is 0.316 e. The molecule has 0 saturated heterocycles. The average molecular weight is 246 g/mol. The van der Waals surface area contributed by atoms with Crippen molar-refractivity contribution in [3.8, 4) is 0 Å². The summed E-state index contributed by atoms with van der Waals surface area (Å²) >= 11 is 0. The van der Waals surface area contributed by atoms with Gasteiger partial charge in [0.05, 0.1) is 5.16 Å². The summed E-state index contributed by atoms with van der Waals surface area (Å²) < 4.78 is 5.32. The van der Waals surface area contributed by atoms with Crippen LogP contribution in [0, 0.1) is 5.41 Å². The van der Waals surface area contributed by atoms with E-state index in [2.05, 4.69) is 9.24 Å². The van der Waals surface area contributed by atoms with E-state index in [9.17, 15) is 9.59 Å². The highest BCUT2D eigenvalue weighted by molar-refractivity contribution is 7.20. The van der Waals surface area contributed by atoms with Crippen LogP contribution >= 0.6 is 9.24 Å². The number of rotatable bonds is 4. The fraction of sp³-hybridized carbons (Fsp3) is 0.833. The second-order valence-electron chi connectivity index (χ2n) is 6.20. The first-order valence-electron chi connectivity index (χ1n) is 5.38. The van der Waals surface area contributed by atoms with Gasteiger partial charge in [-0.25, -0.2) is 0 Å². The van der Waals surface area contributed by atoms with Crippen molar-refractivity contribution in [1.29, 1.82) is 0 Å². The number of hydrogen-bond acceptors (Lipinski definition) is 3. The van der Waals surface area contributed by atoms with Gasteiger partial charge in [-0.2, -0.15) is 0 Å². The van der Waals surface area contributed by atoms with Gasteiger partial charge in [-0.15, -0.1) is 9.24 Å². The van der Waals surface area contributed by atoms with Crippen LogP contribution < -0.4 is 0 Å². The van der Waals surface area contributed by atoms with Crippen molar-refractivity contribution < 1.29 is 14.3 Å². The highest BCUT2D eigenvalue weighted by atomic mass is 31.0. The average Bonchev–Trinajstić information content (AvgIpc) is 1.99. The predicted octanol–water partition coefficient (Wildman–Crippen LogP) is 2.58. The summed E-state index contributed by atoms with van der Waals surface area (Å²) in [6.45, 7) is 10.9. The Morgan fingerprint density at radius 2 is 1.62 bits per heavy atom. The number of carbonyl (C=O) groups excluding carboxylic acids is 2. The monoisotopic (exact) mass is 246 g/mol. The van der Waals surface area contributed by atoms with E-state index in [4.69, 9.17) is 4.74 Å². The molecule has 0 saturated carbocycles. The Morgan fingerprint density at radius 1 is 1.19 bits per heavy atom. The molecule has 3 nitrogen and oxygen atoms in total. The molecule has 16 heavy (non-hydrogen) atoms. The van der Waals surface area contributed by atoms with E-state index in [1.807, 2.05) is 34.6 Å². The standard InChI is InChI=1S/C12H23O3P/c1-10(2,3)15-9(14)12(6,16)7-11(4,5)8-13/h8H,7,16H2,1-6H3. The Bertz CT molecular complexity index is 274. The zero-order chi connectivity index (χ0) is 13.2. The number of esters is 1. The molecule has 0 aromatic rings. The van der Waals surface area contributed by atoms with Crippen LogP contribution in [-0.4, -0.2) is 23.0 Å². The van der Waals surface area contributed by atoms with E-state index in [0.717, 1.165) is 6.29 Å². The Hall–Kier alpha value is -0.430. The zero-order valence-electron chi connectivity index (χ0n) is 11.1. The van der Waals surface area contributed by atoms with Crippen LogP contribution in [0.1, 0.15) is 48.0 Å². The Labute approximate surface area is 101 Å². The molecule has 4 heteroatoms. The van der Waals surface area contributed by atoms with Crippen molar-refractivity contribution in [3.63, 3.8) is 0 Å². The first-order chi connectivity index (χ1) is 6.90. The molecule has 2 atom stereocenters. The lowest BCUT2D eigenvalue weighted by Crippen LogP contribution is -2.39. The van der Waals surface area contributed by atoms with Gasteiger partial charge in [-0.3, -0.25) is 4.79 Å². The van der Waals surface area contributed by atoms with Crippen molar-refractivity contribution in [2.24, 2.45) is 5.41 Å². The third-order valence-electron chi connectivity index (χ3n) is 2.01. The van der Waals surface area contributed by atoms with E-state index in [1.54, 1.807) is 6.92 Å². The van der Waals surface area contributed by atoms with E-state index >= 15 is 0 Å². The van der Waals surface area contributed by atoms with Gasteiger partial charge in [-0.1, -0.05) is 13.8 Å². The number of hydrogen-bond donors (Lipinski definition) is 0. The Morgan fingerprint density at radius 3 is 1.94 bits per heavy atom. The van der Waals surface area contributed by atoms with E-state index in [-0.39, 0.29) is 5.97 Å². The SMILES string of the molecule is CC(C)(C=O)CC(C)(P)C(=O)OC(C)(C)C. The summed E-state index contributed by atoms with van der Waals surface area (Å²) in [6.07, 6.45) is 1.32. The predicted molar refractivity (Wildman–Crippen MR) is 68.4 cm³/mol. The van der Waals surface area contributed by atoms with Crippen LogP contribution in [-0.2, 0) is 14.3 Å². The molecule has 0 heterocycles. The largest absolute Gasteiger partial charge is 0.459 e. The highest BCUT2D eigenvalue weighted by Crippen LogP contribution is 2.34. The highest BCUT2D eigenvalue weighted by Gasteiger charge is 2.37. The van der Waals surface area contributed by atoms with Gasteiger partial charge in [0.25, 0.3) is 0 Å². The summed E-state index contributed by atoms with van der Waals surface area (Å²) in [6, 6.07) is 0. The maximum absolute atomic E-state index is 11.9. The number of carbonyl (C=O) groups is 2. The molecular formula is C12H23O3P. The minimum atomic E-state index is -0.725. The lowest BCUT2D eigenvalue weighted by Gasteiger charge is -2.32. The van der Waals surface area contributed by atoms with Crippen LogP contribution in [0.15, 0.2) is 0 Å². The molecule has 0 radical (unpaired) electrons. The Balaban J connectivity index is 4.67. The van der Waals surface area contributed by atoms with Gasteiger partial charge in [0.1, 0.15) is 11.9 Å². The zero-order valence-corrected chi connectivity index (χ0v) is 12.2. The molecule has 0 N–H and O–H groups in total. The second kappa shape index (κ2) is 4.83. The first-order valence-corrected chi connectivity index (χ1v) is 5.96. The third-order valence-corrected chi connectivity index (χ3v) is 2.45. The molecule has 0 aliphatic rings. The topological polar surface area (TPSA) is 43.4 Å². The van der Waals surface area contributed by atoms with Crippen molar-refractivity contribution in [2.75, 3.05) is 0 Å². The van der Waals surface area contributed by atoms with Gasteiger partial charge >= 0.3 is 5.97 Å². The van der Waals surface area contributed by atoms with Gasteiger partial charge in [0.15, 0.2) is 0 Å². The maximum atomic E-state index is 11.9. The number of ether oxygens (including phenoxy) is 1. The van der Waals surface area contributed by atoms with Gasteiger partial charge in [0.2, 0.25) is 0 Å². The molecule has 0 aromatic carbocycles. The molecule has 0 bridgehead atoms. The lowest BCUT2D eigenvalue weighted by molar-refractivity contribution is -0.158. The molecule has 0 aliphatic carbocycles. The number of aldehydes is 1. The van der Waals surface area contributed by atoms with Crippen LogP contribution in [0.4, 0.5) is 0 Å². The summed E-state index contributed by atoms with van der Waals surface area (Å²) in [5, 5.41) is -0.725. The molecule has 94 valence electrons. The summed E-state index contributed by atoms with van der Waals surface area (Å²) in [7, 11) is 2.49. The fourth-order valence-corrected chi connectivity index (χ4v) is 2.04. The molecule has 0 spiro atoms. The summed E-state index contributed by atoms with van der Waals surface area (Å²) in [5.74, 6) is -0.292. The van der Waals surface area contributed by atoms with Gasteiger partial charge < -0.3 is 9.53 Å². The molecule has 0 aliphatic heterocycles. The van der Waals surface area contributed by atoms with Crippen LogP contribution in [0.25, 0.3) is 0 Å². The van der Waals surface area contributed by atoms with Crippen molar-refractivity contribution in [1.82, 2.24) is 0 Å². The third kappa shape index (κ3) is 5.60.